The van der Waals surface area contributed by atoms with Crippen molar-refractivity contribution < 1.29 is 0 Å². The van der Waals surface area contributed by atoms with Gasteiger partial charge in [-0.1, -0.05) is 102 Å². The van der Waals surface area contributed by atoms with Gasteiger partial charge in [-0.25, -0.2) is 0 Å². The first-order chi connectivity index (χ1) is 23.4. The zero-order valence-corrected chi connectivity index (χ0v) is 29.4. The molecule has 3 nitrogen and oxygen atoms in total. The third-order valence-electron chi connectivity index (χ3n) is 10.1. The van der Waals surface area contributed by atoms with E-state index in [1.165, 1.54) is 49.3 Å². The zero-order valence-electron chi connectivity index (χ0n) is 29.4. The second-order valence-electron chi connectivity index (χ2n) is 15.5. The number of benzene rings is 6. The van der Waals surface area contributed by atoms with Gasteiger partial charge in [-0.3, -0.25) is 0 Å². The van der Waals surface area contributed by atoms with Crippen molar-refractivity contribution in [2.75, 3.05) is 0 Å². The molecule has 0 aliphatic heterocycles. The molecule has 0 amide bonds. The van der Waals surface area contributed by atoms with Gasteiger partial charge in [0, 0.05) is 32.7 Å². The van der Waals surface area contributed by atoms with E-state index < -0.39 is 0 Å². The second kappa shape index (κ2) is 11.0. The molecule has 49 heavy (non-hydrogen) atoms. The van der Waals surface area contributed by atoms with Gasteiger partial charge in [-0.15, -0.1) is 0 Å². The van der Waals surface area contributed by atoms with Crippen LogP contribution in [0.2, 0.25) is 0 Å². The Kier molecular flexibility index (Phi) is 6.88. The Morgan fingerprint density at radius 2 is 0.980 bits per heavy atom. The molecule has 0 saturated heterocycles. The molecule has 0 bridgehead atoms. The summed E-state index contributed by atoms with van der Waals surface area (Å²) < 4.78 is 4.81. The van der Waals surface area contributed by atoms with Gasteiger partial charge in [0.25, 0.3) is 0 Å². The lowest BCUT2D eigenvalue weighted by molar-refractivity contribution is 0.591. The minimum absolute atomic E-state index is 0.0315. The molecule has 8 rings (SSSR count). The van der Waals surface area contributed by atoms with Crippen molar-refractivity contribution in [3.8, 4) is 28.6 Å². The maximum atomic E-state index is 10.2. The Balaban J connectivity index is 1.47. The highest BCUT2D eigenvalue weighted by molar-refractivity contribution is 6.11. The van der Waals surface area contributed by atoms with Crippen LogP contribution >= 0.6 is 0 Å². The third-order valence-corrected chi connectivity index (χ3v) is 10.1. The van der Waals surface area contributed by atoms with Crippen molar-refractivity contribution in [3.05, 3.63) is 144 Å². The average molecular weight is 636 g/mol. The summed E-state index contributed by atoms with van der Waals surface area (Å²) in [5, 5.41) is 15.1. The Bertz CT molecular complexity index is 2640. The number of fused-ring (bicyclic) bond motifs is 6. The first kappa shape index (κ1) is 30.7. The summed E-state index contributed by atoms with van der Waals surface area (Å²) in [4.78, 5) is 0. The summed E-state index contributed by atoms with van der Waals surface area (Å²) in [6.07, 6.45) is 0. The highest BCUT2D eigenvalue weighted by atomic mass is 15.0. The molecule has 3 heteroatoms. The van der Waals surface area contributed by atoms with Crippen molar-refractivity contribution in [3.63, 3.8) is 0 Å². The lowest BCUT2D eigenvalue weighted by Crippen LogP contribution is -2.10. The smallest absolute Gasteiger partial charge is 0.0991 e. The molecule has 0 N–H and O–H groups in total. The van der Waals surface area contributed by atoms with Crippen LogP contribution in [0.5, 0.6) is 0 Å². The van der Waals surface area contributed by atoms with Crippen molar-refractivity contribution in [2.24, 2.45) is 0 Å². The van der Waals surface area contributed by atoms with Crippen molar-refractivity contribution in [2.45, 2.75) is 59.3 Å². The summed E-state index contributed by atoms with van der Waals surface area (Å²) in [7, 11) is 0. The van der Waals surface area contributed by atoms with Crippen LogP contribution in [0, 0.1) is 18.3 Å². The fraction of sp³-hybridized carbons (Fsp3) is 0.196. The van der Waals surface area contributed by atoms with E-state index in [0.29, 0.717) is 5.56 Å². The predicted molar refractivity (Wildman–Crippen MR) is 207 cm³/mol. The molecule has 0 fully saturated rings. The number of rotatable bonds is 3. The normalized spacial score (nSPS) is 12.4. The fourth-order valence-electron chi connectivity index (χ4n) is 7.47. The predicted octanol–water partition coefficient (Wildman–Crippen LogP) is 12.3. The third kappa shape index (κ3) is 4.94. The Labute approximate surface area is 288 Å². The first-order valence-corrected chi connectivity index (χ1v) is 17.2. The van der Waals surface area contributed by atoms with E-state index in [2.05, 4.69) is 179 Å². The van der Waals surface area contributed by atoms with E-state index in [1.807, 2.05) is 6.07 Å². The van der Waals surface area contributed by atoms with Gasteiger partial charge in [0.05, 0.1) is 45.1 Å². The van der Waals surface area contributed by atoms with Crippen LogP contribution in [-0.4, -0.2) is 9.13 Å². The SMILES string of the molecule is Cc1ccc(-c2cc(C#N)ccc2-n2c3ccccc3c3cc(C(C)(C)C)ccc32)c(-n2c3ccccc3c3cc(C(C)(C)C)ccc32)c1. The van der Waals surface area contributed by atoms with Crippen LogP contribution in [0.3, 0.4) is 0 Å². The van der Waals surface area contributed by atoms with Gasteiger partial charge in [-0.2, -0.15) is 5.26 Å². The first-order valence-electron chi connectivity index (χ1n) is 17.2. The molecular formula is C46H41N3. The van der Waals surface area contributed by atoms with Gasteiger partial charge in [0.15, 0.2) is 0 Å². The average Bonchev–Trinajstić information content (AvgIpc) is 3.59. The van der Waals surface area contributed by atoms with Crippen LogP contribution in [0.1, 0.15) is 63.8 Å². The molecule has 0 radical (unpaired) electrons. The van der Waals surface area contributed by atoms with Crippen molar-refractivity contribution in [1.29, 1.82) is 5.26 Å². The van der Waals surface area contributed by atoms with Gasteiger partial charge in [0.1, 0.15) is 0 Å². The van der Waals surface area contributed by atoms with Crippen LogP contribution in [0.25, 0.3) is 66.1 Å². The molecule has 0 unspecified atom stereocenters. The summed E-state index contributed by atoms with van der Waals surface area (Å²) in [5.41, 5.74) is 13.4. The molecule has 0 spiro atoms. The highest BCUT2D eigenvalue weighted by Crippen LogP contribution is 2.42. The summed E-state index contributed by atoms with van der Waals surface area (Å²) >= 11 is 0. The van der Waals surface area contributed by atoms with Crippen LogP contribution in [0.4, 0.5) is 0 Å². The molecule has 0 saturated carbocycles. The van der Waals surface area contributed by atoms with E-state index in [0.717, 1.165) is 33.5 Å². The second-order valence-corrected chi connectivity index (χ2v) is 15.5. The molecule has 6 aromatic carbocycles. The lowest BCUT2D eigenvalue weighted by atomic mass is 9.86. The standard InChI is InChI=1S/C46H41N3/c1-29-16-20-35(44(24-29)49-40-15-11-9-13-34(40)38-27-32(46(5,6)7)19-23-43(38)49)36-25-30(28-47)17-21-41(36)48-39-14-10-8-12-33(39)37-26-31(45(2,3)4)18-22-42(37)48/h8-27H,1-7H3. The zero-order chi connectivity index (χ0) is 34.2. The maximum Gasteiger partial charge on any atom is 0.0991 e. The molecule has 2 aromatic heterocycles. The maximum absolute atomic E-state index is 10.2. The molecular weight excluding hydrogens is 595 g/mol. The Morgan fingerprint density at radius 1 is 0.469 bits per heavy atom. The number of aromatic nitrogens is 2. The Hall–Kier alpha value is -5.59. The van der Waals surface area contributed by atoms with Crippen LogP contribution < -0.4 is 0 Å². The van der Waals surface area contributed by atoms with E-state index >= 15 is 0 Å². The lowest BCUT2D eigenvalue weighted by Gasteiger charge is -2.21. The van der Waals surface area contributed by atoms with Gasteiger partial charge in [0.2, 0.25) is 0 Å². The number of para-hydroxylation sites is 2. The van der Waals surface area contributed by atoms with E-state index in [-0.39, 0.29) is 10.8 Å². The van der Waals surface area contributed by atoms with Crippen LogP contribution in [-0.2, 0) is 10.8 Å². The minimum Gasteiger partial charge on any atom is -0.309 e. The number of aryl methyl sites for hydroxylation is 1. The highest BCUT2D eigenvalue weighted by Gasteiger charge is 2.23. The molecule has 8 aromatic rings. The summed E-state index contributed by atoms with van der Waals surface area (Å²) in [6.45, 7) is 15.8. The number of nitrogens with zero attached hydrogens (tertiary/aromatic N) is 3. The Morgan fingerprint density at radius 3 is 1.51 bits per heavy atom. The van der Waals surface area contributed by atoms with E-state index in [1.54, 1.807) is 0 Å². The quantitative estimate of drug-likeness (QED) is 0.190. The van der Waals surface area contributed by atoms with Gasteiger partial charge < -0.3 is 9.13 Å². The fourth-order valence-corrected chi connectivity index (χ4v) is 7.47. The molecule has 0 atom stereocenters. The van der Waals surface area contributed by atoms with Gasteiger partial charge in [-0.05, 0) is 95.1 Å². The summed E-state index contributed by atoms with van der Waals surface area (Å²) in [5.74, 6) is 0. The van der Waals surface area contributed by atoms with Crippen molar-refractivity contribution in [1.82, 2.24) is 9.13 Å². The molecule has 0 aliphatic rings. The number of hydrogen-bond donors (Lipinski definition) is 0. The largest absolute Gasteiger partial charge is 0.309 e. The van der Waals surface area contributed by atoms with Crippen molar-refractivity contribution >= 4 is 43.6 Å². The van der Waals surface area contributed by atoms with E-state index in [4.69, 9.17) is 0 Å². The number of nitriles is 1. The molecule has 2 heterocycles. The van der Waals surface area contributed by atoms with E-state index in [9.17, 15) is 5.26 Å². The van der Waals surface area contributed by atoms with Crippen LogP contribution in [0.15, 0.2) is 121 Å². The minimum atomic E-state index is 0.0315. The summed E-state index contributed by atoms with van der Waals surface area (Å²) in [6, 6.07) is 46.5. The van der Waals surface area contributed by atoms with Gasteiger partial charge >= 0.3 is 0 Å². The monoisotopic (exact) mass is 635 g/mol. The molecule has 240 valence electrons. The number of hydrogen-bond acceptors (Lipinski definition) is 1. The molecule has 0 aliphatic carbocycles. The topological polar surface area (TPSA) is 33.6 Å².